The van der Waals surface area contributed by atoms with Gasteiger partial charge in [-0.15, -0.1) is 10.2 Å². The lowest BCUT2D eigenvalue weighted by molar-refractivity contribution is -0.118. The standard InChI is InChI=1S/C14H16N4OS/c15-12(19)8-18-13(11-6-7-11)16-17-14(18)20-9-10-4-2-1-3-5-10/h1-5,11H,6-9H2,(H2,15,19). The summed E-state index contributed by atoms with van der Waals surface area (Å²) in [4.78, 5) is 11.2. The second-order valence-electron chi connectivity index (χ2n) is 4.94. The van der Waals surface area contributed by atoms with Gasteiger partial charge in [-0.3, -0.25) is 9.36 Å². The highest BCUT2D eigenvalue weighted by Gasteiger charge is 2.30. The number of hydrogen-bond donors (Lipinski definition) is 1. The van der Waals surface area contributed by atoms with Crippen molar-refractivity contribution < 1.29 is 4.79 Å². The number of thioether (sulfide) groups is 1. The summed E-state index contributed by atoms with van der Waals surface area (Å²) in [7, 11) is 0. The Hall–Kier alpha value is -1.82. The highest BCUT2D eigenvalue weighted by Crippen LogP contribution is 2.40. The fraction of sp³-hybridized carbons (Fsp3) is 0.357. The number of benzene rings is 1. The second-order valence-corrected chi connectivity index (χ2v) is 5.88. The summed E-state index contributed by atoms with van der Waals surface area (Å²) < 4.78 is 1.87. The fourth-order valence-electron chi connectivity index (χ4n) is 2.08. The average molecular weight is 288 g/mol. The monoisotopic (exact) mass is 288 g/mol. The zero-order valence-corrected chi connectivity index (χ0v) is 11.8. The number of rotatable bonds is 6. The number of nitrogens with two attached hydrogens (primary N) is 1. The van der Waals surface area contributed by atoms with Crippen LogP contribution in [0.25, 0.3) is 0 Å². The van der Waals surface area contributed by atoms with E-state index in [1.807, 2.05) is 22.8 Å². The molecule has 1 fully saturated rings. The van der Waals surface area contributed by atoms with Crippen LogP contribution in [0.4, 0.5) is 0 Å². The zero-order valence-electron chi connectivity index (χ0n) is 11.0. The first-order valence-corrected chi connectivity index (χ1v) is 7.60. The van der Waals surface area contributed by atoms with Crippen molar-refractivity contribution in [1.82, 2.24) is 14.8 Å². The molecule has 104 valence electrons. The van der Waals surface area contributed by atoms with Crippen molar-refractivity contribution in [2.75, 3.05) is 0 Å². The minimum absolute atomic E-state index is 0.163. The molecule has 1 saturated carbocycles. The molecular formula is C14H16N4OS. The topological polar surface area (TPSA) is 73.8 Å². The van der Waals surface area contributed by atoms with Gasteiger partial charge >= 0.3 is 0 Å². The molecule has 0 spiro atoms. The van der Waals surface area contributed by atoms with E-state index in [0.717, 1.165) is 29.6 Å². The summed E-state index contributed by atoms with van der Waals surface area (Å²) in [5, 5.41) is 9.21. The number of carbonyl (C=O) groups excluding carboxylic acids is 1. The summed E-state index contributed by atoms with van der Waals surface area (Å²) in [5.41, 5.74) is 6.55. The molecule has 0 atom stereocenters. The van der Waals surface area contributed by atoms with Crippen molar-refractivity contribution in [3.05, 3.63) is 41.7 Å². The summed E-state index contributed by atoms with van der Waals surface area (Å²) >= 11 is 1.59. The van der Waals surface area contributed by atoms with E-state index in [4.69, 9.17) is 5.73 Å². The molecule has 1 aliphatic rings. The number of hydrogen-bond acceptors (Lipinski definition) is 4. The largest absolute Gasteiger partial charge is 0.368 e. The molecule has 2 aromatic rings. The summed E-state index contributed by atoms with van der Waals surface area (Å²) in [6.07, 6.45) is 2.25. The third kappa shape index (κ3) is 3.01. The van der Waals surface area contributed by atoms with Crippen molar-refractivity contribution in [3.63, 3.8) is 0 Å². The van der Waals surface area contributed by atoms with Crippen LogP contribution < -0.4 is 5.73 Å². The predicted octanol–water partition coefficient (Wildman–Crippen LogP) is 1.93. The molecule has 0 bridgehead atoms. The van der Waals surface area contributed by atoms with Crippen molar-refractivity contribution in [1.29, 1.82) is 0 Å². The Bertz CT molecular complexity index is 607. The summed E-state index contributed by atoms with van der Waals surface area (Å²) in [6.45, 7) is 0.163. The number of primary amides is 1. The highest BCUT2D eigenvalue weighted by molar-refractivity contribution is 7.98. The lowest BCUT2D eigenvalue weighted by Crippen LogP contribution is -2.20. The van der Waals surface area contributed by atoms with E-state index >= 15 is 0 Å². The molecule has 6 heteroatoms. The summed E-state index contributed by atoms with van der Waals surface area (Å²) in [5.74, 6) is 1.81. The molecular weight excluding hydrogens is 272 g/mol. The Kier molecular flexibility index (Phi) is 3.73. The van der Waals surface area contributed by atoms with Gasteiger partial charge in [0.2, 0.25) is 5.91 Å². The molecule has 1 aromatic carbocycles. The van der Waals surface area contributed by atoms with Crippen molar-refractivity contribution >= 4 is 17.7 Å². The summed E-state index contributed by atoms with van der Waals surface area (Å²) in [6, 6.07) is 10.2. The lowest BCUT2D eigenvalue weighted by atomic mass is 10.2. The van der Waals surface area contributed by atoms with Gasteiger partial charge in [0.25, 0.3) is 0 Å². The van der Waals surface area contributed by atoms with Crippen LogP contribution in [0, 0.1) is 0 Å². The number of amides is 1. The van der Waals surface area contributed by atoms with Gasteiger partial charge in [-0.25, -0.2) is 0 Å². The fourth-order valence-corrected chi connectivity index (χ4v) is 2.98. The smallest absolute Gasteiger partial charge is 0.237 e. The van der Waals surface area contributed by atoms with Crippen molar-refractivity contribution in [2.24, 2.45) is 5.73 Å². The van der Waals surface area contributed by atoms with Gasteiger partial charge in [0.1, 0.15) is 12.4 Å². The van der Waals surface area contributed by atoms with Gasteiger partial charge in [0, 0.05) is 11.7 Å². The molecule has 1 aliphatic carbocycles. The Morgan fingerprint density at radius 2 is 2.05 bits per heavy atom. The van der Waals surface area contributed by atoms with E-state index in [9.17, 15) is 4.79 Å². The van der Waals surface area contributed by atoms with Crippen molar-refractivity contribution in [3.8, 4) is 0 Å². The van der Waals surface area contributed by atoms with E-state index in [0.29, 0.717) is 5.92 Å². The lowest BCUT2D eigenvalue weighted by Gasteiger charge is -2.07. The van der Waals surface area contributed by atoms with E-state index in [1.54, 1.807) is 11.8 Å². The van der Waals surface area contributed by atoms with Crippen LogP contribution in [-0.4, -0.2) is 20.7 Å². The minimum atomic E-state index is -0.353. The first-order valence-electron chi connectivity index (χ1n) is 6.62. The molecule has 1 amide bonds. The second kappa shape index (κ2) is 5.66. The number of aromatic nitrogens is 3. The van der Waals surface area contributed by atoms with Gasteiger partial charge in [0.15, 0.2) is 5.16 Å². The quantitative estimate of drug-likeness (QED) is 0.824. The van der Waals surface area contributed by atoms with Gasteiger partial charge < -0.3 is 5.73 Å². The van der Waals surface area contributed by atoms with E-state index in [-0.39, 0.29) is 12.5 Å². The molecule has 0 aliphatic heterocycles. The predicted molar refractivity (Wildman–Crippen MR) is 77.2 cm³/mol. The van der Waals surface area contributed by atoms with Crippen LogP contribution in [0.1, 0.15) is 30.1 Å². The first-order chi connectivity index (χ1) is 9.74. The molecule has 1 aromatic heterocycles. The van der Waals surface area contributed by atoms with Crippen LogP contribution in [0.15, 0.2) is 35.5 Å². The van der Waals surface area contributed by atoms with E-state index in [1.165, 1.54) is 5.56 Å². The Morgan fingerprint density at radius 3 is 2.70 bits per heavy atom. The Balaban J connectivity index is 1.76. The van der Waals surface area contributed by atoms with Gasteiger partial charge in [-0.1, -0.05) is 42.1 Å². The third-order valence-electron chi connectivity index (χ3n) is 3.21. The SMILES string of the molecule is NC(=O)Cn1c(SCc2ccccc2)nnc1C1CC1. The van der Waals surface area contributed by atoms with Crippen LogP contribution in [0.3, 0.4) is 0 Å². The highest BCUT2D eigenvalue weighted by atomic mass is 32.2. The number of nitrogens with zero attached hydrogens (tertiary/aromatic N) is 3. The van der Waals surface area contributed by atoms with Gasteiger partial charge in [-0.2, -0.15) is 0 Å². The van der Waals surface area contributed by atoms with E-state index < -0.39 is 0 Å². The average Bonchev–Trinajstić information content (AvgIpc) is 3.21. The third-order valence-corrected chi connectivity index (χ3v) is 4.25. The normalized spacial score (nSPS) is 14.4. The van der Waals surface area contributed by atoms with Crippen LogP contribution in [0.5, 0.6) is 0 Å². The maximum absolute atomic E-state index is 11.2. The molecule has 2 N–H and O–H groups in total. The Morgan fingerprint density at radius 1 is 1.30 bits per heavy atom. The molecule has 3 rings (SSSR count). The molecule has 5 nitrogen and oxygen atoms in total. The van der Waals surface area contributed by atoms with Crippen LogP contribution in [-0.2, 0) is 17.1 Å². The maximum Gasteiger partial charge on any atom is 0.237 e. The van der Waals surface area contributed by atoms with Gasteiger partial charge in [0.05, 0.1) is 0 Å². The van der Waals surface area contributed by atoms with Crippen molar-refractivity contribution in [2.45, 2.75) is 36.2 Å². The van der Waals surface area contributed by atoms with Crippen LogP contribution in [0.2, 0.25) is 0 Å². The number of carbonyl (C=O) groups is 1. The zero-order chi connectivity index (χ0) is 13.9. The van der Waals surface area contributed by atoms with Gasteiger partial charge in [-0.05, 0) is 18.4 Å². The maximum atomic E-state index is 11.2. The molecule has 1 heterocycles. The first kappa shape index (κ1) is 13.2. The van der Waals surface area contributed by atoms with Crippen LogP contribution >= 0.6 is 11.8 Å². The molecule has 20 heavy (non-hydrogen) atoms. The molecule has 0 saturated heterocycles. The van der Waals surface area contributed by atoms with E-state index in [2.05, 4.69) is 22.3 Å². The Labute approximate surface area is 121 Å². The molecule has 0 unspecified atom stereocenters. The molecule has 0 radical (unpaired) electrons. The minimum Gasteiger partial charge on any atom is -0.368 e.